The van der Waals surface area contributed by atoms with Gasteiger partial charge in [-0.2, -0.15) is 0 Å². The number of nitrogens with zero attached hydrogens (tertiary/aromatic N) is 3. The lowest BCUT2D eigenvalue weighted by Gasteiger charge is -2.45. The maximum Gasteiger partial charge on any atom is 0.169 e. The topological polar surface area (TPSA) is 52.0 Å². The quantitative estimate of drug-likeness (QED) is 0.162. The molecule has 3 aromatic carbocycles. The molecule has 1 N–H and O–H groups in total. The number of aromatic nitrogens is 3. The van der Waals surface area contributed by atoms with Crippen LogP contribution in [-0.2, 0) is 6.61 Å². The molecule has 0 saturated heterocycles. The maximum atomic E-state index is 13.5. The monoisotopic (exact) mass is 600 g/mol. The molecule has 8 heteroatoms. The Hall–Kier alpha value is -3.68. The molecule has 0 saturated carbocycles. The van der Waals surface area contributed by atoms with Gasteiger partial charge in [-0.25, -0.2) is 14.4 Å². The first kappa shape index (κ1) is 29.8. The van der Waals surface area contributed by atoms with Crippen LogP contribution in [0.3, 0.4) is 0 Å². The van der Waals surface area contributed by atoms with Crippen molar-refractivity contribution < 1.29 is 9.13 Å². The Bertz CT molecular complexity index is 1680. The van der Waals surface area contributed by atoms with Crippen LogP contribution in [0.25, 0.3) is 22.2 Å². The van der Waals surface area contributed by atoms with Crippen molar-refractivity contribution in [2.45, 2.75) is 64.8 Å². The highest BCUT2D eigenvalue weighted by atomic mass is 35.5. The van der Waals surface area contributed by atoms with Crippen molar-refractivity contribution >= 4 is 42.2 Å². The molecule has 5 rings (SSSR count). The molecule has 0 spiro atoms. The van der Waals surface area contributed by atoms with E-state index in [9.17, 15) is 4.39 Å². The molecular formula is C34H38ClFN4OSi. The summed E-state index contributed by atoms with van der Waals surface area (Å²) in [6.45, 7) is 14.5. The minimum atomic E-state index is -1.94. The van der Waals surface area contributed by atoms with Crippen molar-refractivity contribution in [1.29, 1.82) is 0 Å². The van der Waals surface area contributed by atoms with Gasteiger partial charge in [-0.3, -0.25) is 0 Å². The molecular weight excluding hydrogens is 563 g/mol. The Morgan fingerprint density at radius 2 is 1.64 bits per heavy atom. The number of hydrogen-bond acceptors (Lipinski definition) is 4. The molecule has 0 atom stereocenters. The van der Waals surface area contributed by atoms with Crippen molar-refractivity contribution in [1.82, 2.24) is 14.2 Å². The second-order valence-electron chi connectivity index (χ2n) is 11.8. The number of hydrogen-bond donors (Lipinski definition) is 1. The third kappa shape index (κ3) is 5.68. The van der Waals surface area contributed by atoms with Gasteiger partial charge in [0, 0.05) is 16.8 Å². The Morgan fingerprint density at radius 3 is 2.33 bits per heavy atom. The Labute approximate surface area is 253 Å². The van der Waals surface area contributed by atoms with Gasteiger partial charge in [-0.05, 0) is 88.5 Å². The highest BCUT2D eigenvalue weighted by molar-refractivity contribution is 6.82. The minimum absolute atomic E-state index is 0.222. The van der Waals surface area contributed by atoms with Crippen LogP contribution < -0.4 is 10.1 Å². The van der Waals surface area contributed by atoms with Crippen molar-refractivity contribution in [3.8, 4) is 17.0 Å². The van der Waals surface area contributed by atoms with Crippen molar-refractivity contribution in [3.63, 3.8) is 0 Å². The molecule has 0 fully saturated rings. The molecule has 2 aromatic heterocycles. The van der Waals surface area contributed by atoms with Crippen LogP contribution in [-0.4, -0.2) is 22.4 Å². The molecule has 0 unspecified atom stereocenters. The van der Waals surface area contributed by atoms with Gasteiger partial charge in [-0.1, -0.05) is 71.3 Å². The molecule has 0 radical (unpaired) electrons. The molecule has 218 valence electrons. The lowest BCUT2D eigenvalue weighted by molar-refractivity contribution is 0.306. The second kappa shape index (κ2) is 12.3. The van der Waals surface area contributed by atoms with Crippen LogP contribution in [0.2, 0.25) is 21.6 Å². The summed E-state index contributed by atoms with van der Waals surface area (Å²) in [6.07, 6.45) is 3.85. The van der Waals surface area contributed by atoms with E-state index in [0.29, 0.717) is 33.2 Å². The molecule has 5 aromatic rings. The van der Waals surface area contributed by atoms with Gasteiger partial charge >= 0.3 is 0 Å². The first-order valence-electron chi connectivity index (χ1n) is 14.5. The number of ether oxygens (including phenoxy) is 1. The summed E-state index contributed by atoms with van der Waals surface area (Å²) in [6, 6.07) is 22.7. The van der Waals surface area contributed by atoms with Crippen LogP contribution >= 0.6 is 11.6 Å². The van der Waals surface area contributed by atoms with Crippen molar-refractivity contribution in [2.24, 2.45) is 0 Å². The van der Waals surface area contributed by atoms with E-state index < -0.39 is 8.24 Å². The van der Waals surface area contributed by atoms with Crippen molar-refractivity contribution in [2.75, 3.05) is 5.32 Å². The Kier molecular flexibility index (Phi) is 8.71. The third-order valence-corrected chi connectivity index (χ3v) is 15.4. The first-order valence-corrected chi connectivity index (χ1v) is 17.0. The second-order valence-corrected chi connectivity index (χ2v) is 17.9. The van der Waals surface area contributed by atoms with E-state index in [1.165, 1.54) is 17.8 Å². The van der Waals surface area contributed by atoms with Crippen LogP contribution in [0.15, 0.2) is 85.3 Å². The zero-order valence-corrected chi connectivity index (χ0v) is 26.8. The van der Waals surface area contributed by atoms with Gasteiger partial charge in [-0.15, -0.1) is 0 Å². The van der Waals surface area contributed by atoms with E-state index in [-0.39, 0.29) is 12.4 Å². The van der Waals surface area contributed by atoms with Gasteiger partial charge in [0.25, 0.3) is 0 Å². The summed E-state index contributed by atoms with van der Waals surface area (Å²) in [5.74, 6) is 0.927. The zero-order valence-electron chi connectivity index (χ0n) is 25.0. The normalized spacial score (nSPS) is 12.1. The highest BCUT2D eigenvalue weighted by Gasteiger charge is 2.45. The van der Waals surface area contributed by atoms with Gasteiger partial charge in [0.15, 0.2) is 8.24 Å². The molecule has 0 bridgehead atoms. The lowest BCUT2D eigenvalue weighted by Crippen LogP contribution is -2.51. The molecule has 42 heavy (non-hydrogen) atoms. The maximum absolute atomic E-state index is 13.5. The average molecular weight is 601 g/mol. The zero-order chi connectivity index (χ0) is 30.0. The number of halogens is 2. The highest BCUT2D eigenvalue weighted by Crippen LogP contribution is 2.45. The Balaban J connectivity index is 1.46. The number of nitrogens with one attached hydrogen (secondary N) is 1. The fourth-order valence-corrected chi connectivity index (χ4v) is 13.6. The van der Waals surface area contributed by atoms with E-state index in [2.05, 4.69) is 97.6 Å². The smallest absolute Gasteiger partial charge is 0.169 e. The van der Waals surface area contributed by atoms with Crippen LogP contribution in [0.1, 0.15) is 47.1 Å². The number of benzene rings is 3. The fraction of sp³-hybridized carbons (Fsp3) is 0.294. The molecule has 0 aliphatic heterocycles. The molecule has 2 heterocycles. The number of fused-ring (bicyclic) bond motifs is 1. The molecule has 0 aliphatic rings. The predicted molar refractivity (Wildman–Crippen MR) is 175 cm³/mol. The van der Waals surface area contributed by atoms with E-state index in [0.717, 1.165) is 27.7 Å². The van der Waals surface area contributed by atoms with E-state index in [1.54, 1.807) is 24.5 Å². The van der Waals surface area contributed by atoms with Gasteiger partial charge < -0.3 is 14.3 Å². The largest absolute Gasteiger partial charge is 0.487 e. The van der Waals surface area contributed by atoms with Crippen LogP contribution in [0.4, 0.5) is 15.9 Å². The van der Waals surface area contributed by atoms with Crippen LogP contribution in [0.5, 0.6) is 5.75 Å². The van der Waals surface area contributed by atoms with E-state index in [1.807, 2.05) is 12.1 Å². The lowest BCUT2D eigenvalue weighted by atomic mass is 10.1. The summed E-state index contributed by atoms with van der Waals surface area (Å²) in [4.78, 5) is 9.12. The van der Waals surface area contributed by atoms with Crippen molar-refractivity contribution in [3.05, 3.63) is 102 Å². The standard InChI is InChI=1S/C34H38ClFN4OSi/c1-22(2)42(23(3)4,24(5)6)40-16-8-11-32(40)26-12-14-31-29(18-26)34(38-21-37-31)39-28-13-15-33(30(35)19-28)41-20-25-9-7-10-27(36)17-25/h7-19,21-24H,20H2,1-6H3,(H,37,38,39). The predicted octanol–water partition coefficient (Wildman–Crippen LogP) is 10.2. The SMILES string of the molecule is CC(C)[Si](C(C)C)(C(C)C)n1cccc1-c1ccc2ncnc(Nc3ccc(OCc4cccc(F)c4)c(Cl)c3)c2c1. The van der Waals surface area contributed by atoms with E-state index >= 15 is 0 Å². The minimum Gasteiger partial charge on any atom is -0.487 e. The number of anilines is 2. The van der Waals surface area contributed by atoms with Gasteiger partial charge in [0.1, 0.15) is 30.3 Å². The summed E-state index contributed by atoms with van der Waals surface area (Å²) < 4.78 is 22.0. The molecule has 5 nitrogen and oxygen atoms in total. The average Bonchev–Trinajstić information content (AvgIpc) is 3.42. The molecule has 0 amide bonds. The number of rotatable bonds is 10. The first-order chi connectivity index (χ1) is 20.1. The fourth-order valence-electron chi connectivity index (χ4n) is 6.72. The van der Waals surface area contributed by atoms with Gasteiger partial charge in [0.05, 0.1) is 10.5 Å². The summed E-state index contributed by atoms with van der Waals surface area (Å²) in [7, 11) is -1.94. The Morgan fingerprint density at radius 1 is 0.881 bits per heavy atom. The van der Waals surface area contributed by atoms with E-state index in [4.69, 9.17) is 16.3 Å². The third-order valence-electron chi connectivity index (χ3n) is 8.35. The van der Waals surface area contributed by atoms with Crippen LogP contribution in [0, 0.1) is 5.82 Å². The summed E-state index contributed by atoms with van der Waals surface area (Å²) in [5.41, 5.74) is 6.48. The summed E-state index contributed by atoms with van der Waals surface area (Å²) in [5, 5.41) is 4.81. The van der Waals surface area contributed by atoms with Gasteiger partial charge in [0.2, 0.25) is 0 Å². The molecule has 0 aliphatic carbocycles. The summed E-state index contributed by atoms with van der Waals surface area (Å²) >= 11 is 6.57.